The summed E-state index contributed by atoms with van der Waals surface area (Å²) in [5, 5.41) is 5.17. The van der Waals surface area contributed by atoms with E-state index in [0.29, 0.717) is 0 Å². The molecule has 0 saturated carbocycles. The van der Waals surface area contributed by atoms with Crippen LogP contribution in [0.1, 0.15) is 11.8 Å². The number of carbonyl (C=O) groups excluding carboxylic acids is 1. The number of quaternary nitrogens is 2. The fourth-order valence-electron chi connectivity index (χ4n) is 3.15. The van der Waals surface area contributed by atoms with Crippen LogP contribution in [0.5, 0.6) is 0 Å². The molecule has 4 nitrogen and oxygen atoms in total. The van der Waals surface area contributed by atoms with Crippen LogP contribution in [-0.2, 0) is 11.3 Å². The number of anilines is 1. The van der Waals surface area contributed by atoms with Crippen molar-refractivity contribution in [2.75, 3.05) is 31.5 Å². The van der Waals surface area contributed by atoms with Gasteiger partial charge in [-0.2, -0.15) is 0 Å². The Morgan fingerprint density at radius 2 is 1.87 bits per heavy atom. The van der Waals surface area contributed by atoms with E-state index in [2.05, 4.69) is 22.8 Å². The van der Waals surface area contributed by atoms with E-state index in [1.54, 1.807) is 4.90 Å². The Labute approximate surface area is 141 Å². The molecular formula is C18H25N3OS+2. The molecule has 2 heterocycles. The van der Waals surface area contributed by atoms with Crippen LogP contribution in [0, 0.1) is 0 Å². The van der Waals surface area contributed by atoms with Gasteiger partial charge in [-0.3, -0.25) is 4.79 Å². The Morgan fingerprint density at radius 3 is 2.52 bits per heavy atom. The average Bonchev–Trinajstić information content (AvgIpc) is 3.09. The Balaban J connectivity index is 1.47. The third kappa shape index (κ3) is 4.41. The number of hydrogen-bond donors (Lipinski definition) is 3. The largest absolute Gasteiger partial charge is 0.321 e. The van der Waals surface area contributed by atoms with E-state index in [0.717, 1.165) is 38.4 Å². The monoisotopic (exact) mass is 331 g/mol. The first-order valence-corrected chi connectivity index (χ1v) is 9.17. The lowest BCUT2D eigenvalue weighted by molar-refractivity contribution is -1.02. The lowest BCUT2D eigenvalue weighted by Gasteiger charge is -2.32. The minimum Gasteiger partial charge on any atom is -0.321 e. The van der Waals surface area contributed by atoms with E-state index in [9.17, 15) is 4.79 Å². The molecule has 0 bridgehead atoms. The molecule has 1 aromatic carbocycles. The van der Waals surface area contributed by atoms with Gasteiger partial charge in [0.1, 0.15) is 32.7 Å². The lowest BCUT2D eigenvalue weighted by atomic mass is 10.2. The van der Waals surface area contributed by atoms with Gasteiger partial charge in [-0.1, -0.05) is 24.3 Å². The fourth-order valence-corrected chi connectivity index (χ4v) is 3.93. The highest BCUT2D eigenvalue weighted by Gasteiger charge is 2.31. The molecule has 5 heteroatoms. The maximum absolute atomic E-state index is 12.4. The van der Waals surface area contributed by atoms with E-state index in [4.69, 9.17) is 0 Å². The van der Waals surface area contributed by atoms with Crippen LogP contribution in [0.25, 0.3) is 0 Å². The lowest BCUT2D eigenvalue weighted by Crippen LogP contribution is -3.29. The van der Waals surface area contributed by atoms with Crippen LogP contribution in [0.2, 0.25) is 0 Å². The quantitative estimate of drug-likeness (QED) is 0.712. The molecular weight excluding hydrogens is 306 g/mol. The number of thiophene rings is 1. The number of rotatable bonds is 5. The zero-order valence-electron chi connectivity index (χ0n) is 13.5. The normalized spacial score (nSPS) is 22.5. The summed E-state index contributed by atoms with van der Waals surface area (Å²) in [5.74, 6) is 0.118. The second kappa shape index (κ2) is 7.73. The number of carbonyl (C=O) groups is 1. The highest BCUT2D eigenvalue weighted by molar-refractivity contribution is 7.09. The van der Waals surface area contributed by atoms with Gasteiger partial charge in [-0.25, -0.2) is 0 Å². The van der Waals surface area contributed by atoms with Gasteiger partial charge in [0.15, 0.2) is 6.04 Å². The van der Waals surface area contributed by atoms with Gasteiger partial charge in [0, 0.05) is 5.69 Å². The number of para-hydroxylation sites is 1. The Kier molecular flexibility index (Phi) is 5.43. The van der Waals surface area contributed by atoms with Crippen molar-refractivity contribution in [3.05, 3.63) is 52.7 Å². The summed E-state index contributed by atoms with van der Waals surface area (Å²) >= 11 is 1.84. The first kappa shape index (κ1) is 16.2. The number of piperazine rings is 1. The number of hydrogen-bond acceptors (Lipinski definition) is 2. The van der Waals surface area contributed by atoms with Crippen molar-refractivity contribution >= 4 is 22.9 Å². The van der Waals surface area contributed by atoms with E-state index < -0.39 is 0 Å². The maximum atomic E-state index is 12.4. The zero-order valence-corrected chi connectivity index (χ0v) is 14.4. The summed E-state index contributed by atoms with van der Waals surface area (Å²) in [7, 11) is 0. The van der Waals surface area contributed by atoms with Crippen molar-refractivity contribution < 1.29 is 14.6 Å². The Bertz CT molecular complexity index is 606. The second-order valence-corrected chi connectivity index (χ2v) is 7.27. The first-order valence-electron chi connectivity index (χ1n) is 8.29. The summed E-state index contributed by atoms with van der Waals surface area (Å²) in [6, 6.07) is 14.0. The molecule has 1 aromatic heterocycles. The predicted molar refractivity (Wildman–Crippen MR) is 94.0 cm³/mol. The minimum atomic E-state index is -0.00139. The molecule has 1 aliphatic rings. The molecule has 2 aromatic rings. The molecule has 0 spiro atoms. The first-order chi connectivity index (χ1) is 11.2. The van der Waals surface area contributed by atoms with Gasteiger partial charge >= 0.3 is 0 Å². The third-order valence-corrected chi connectivity index (χ3v) is 5.53. The molecule has 122 valence electrons. The SMILES string of the molecule is C[C@@H](C(=O)Nc1ccccc1)[NH+]1CC[NH+](Cc2cccs2)CC1. The molecule has 0 unspecified atom stereocenters. The molecule has 1 amide bonds. The Hall–Kier alpha value is -1.69. The van der Waals surface area contributed by atoms with Gasteiger partial charge in [0.05, 0.1) is 4.88 Å². The molecule has 3 N–H and O–H groups in total. The summed E-state index contributed by atoms with van der Waals surface area (Å²) in [6.07, 6.45) is 0. The molecule has 3 rings (SSSR count). The highest BCUT2D eigenvalue weighted by Crippen LogP contribution is 2.06. The van der Waals surface area contributed by atoms with Crippen molar-refractivity contribution in [2.24, 2.45) is 0 Å². The predicted octanol–water partition coefficient (Wildman–Crippen LogP) is 0.0587. The third-order valence-electron chi connectivity index (χ3n) is 4.65. The van der Waals surface area contributed by atoms with Crippen molar-refractivity contribution in [1.82, 2.24) is 0 Å². The van der Waals surface area contributed by atoms with Crippen molar-refractivity contribution in [2.45, 2.75) is 19.5 Å². The van der Waals surface area contributed by atoms with E-state index in [-0.39, 0.29) is 11.9 Å². The van der Waals surface area contributed by atoms with Crippen molar-refractivity contribution in [3.8, 4) is 0 Å². The van der Waals surface area contributed by atoms with Crippen LogP contribution in [0.3, 0.4) is 0 Å². The van der Waals surface area contributed by atoms with Crippen LogP contribution < -0.4 is 15.1 Å². The van der Waals surface area contributed by atoms with Gasteiger partial charge in [-0.15, -0.1) is 11.3 Å². The molecule has 23 heavy (non-hydrogen) atoms. The minimum absolute atomic E-state index is 0.00139. The van der Waals surface area contributed by atoms with Gasteiger partial charge in [0.2, 0.25) is 0 Å². The summed E-state index contributed by atoms with van der Waals surface area (Å²) in [6.45, 7) is 7.55. The summed E-state index contributed by atoms with van der Waals surface area (Å²) < 4.78 is 0. The van der Waals surface area contributed by atoms with Crippen LogP contribution in [0.15, 0.2) is 47.8 Å². The van der Waals surface area contributed by atoms with Crippen LogP contribution >= 0.6 is 11.3 Å². The van der Waals surface area contributed by atoms with Crippen LogP contribution in [0.4, 0.5) is 5.69 Å². The molecule has 0 aliphatic carbocycles. The summed E-state index contributed by atoms with van der Waals surface area (Å²) in [5.41, 5.74) is 0.880. The smallest absolute Gasteiger partial charge is 0.282 e. The molecule has 1 aliphatic heterocycles. The fraction of sp³-hybridized carbons (Fsp3) is 0.389. The van der Waals surface area contributed by atoms with E-state index in [1.165, 1.54) is 9.78 Å². The number of amides is 1. The molecule has 1 atom stereocenters. The van der Waals surface area contributed by atoms with E-state index in [1.807, 2.05) is 48.6 Å². The molecule has 1 saturated heterocycles. The topological polar surface area (TPSA) is 38.0 Å². The summed E-state index contributed by atoms with van der Waals surface area (Å²) in [4.78, 5) is 16.9. The molecule has 1 fully saturated rings. The van der Waals surface area contributed by atoms with Crippen molar-refractivity contribution in [1.29, 1.82) is 0 Å². The second-order valence-electron chi connectivity index (χ2n) is 6.24. The highest BCUT2D eigenvalue weighted by atomic mass is 32.1. The standard InChI is InChI=1S/C18H23N3OS/c1-15(18(22)19-16-6-3-2-4-7-16)21-11-9-20(10-12-21)14-17-8-5-13-23-17/h2-8,13,15H,9-12,14H2,1H3,(H,19,22)/p+2/t15-/m0/s1. The van der Waals surface area contributed by atoms with Gasteiger partial charge < -0.3 is 15.1 Å². The van der Waals surface area contributed by atoms with E-state index >= 15 is 0 Å². The van der Waals surface area contributed by atoms with Crippen molar-refractivity contribution in [3.63, 3.8) is 0 Å². The number of nitrogens with one attached hydrogen (secondary N) is 3. The molecule has 0 radical (unpaired) electrons. The Morgan fingerprint density at radius 1 is 1.13 bits per heavy atom. The van der Waals surface area contributed by atoms with Crippen LogP contribution in [-0.4, -0.2) is 38.1 Å². The maximum Gasteiger partial charge on any atom is 0.282 e. The van der Waals surface area contributed by atoms with Gasteiger partial charge in [-0.05, 0) is 30.5 Å². The number of benzene rings is 1. The van der Waals surface area contributed by atoms with Gasteiger partial charge in [0.25, 0.3) is 5.91 Å². The average molecular weight is 331 g/mol. The zero-order chi connectivity index (χ0) is 16.1.